The molecule has 104 valence electrons. The van der Waals surface area contributed by atoms with E-state index in [0.717, 1.165) is 0 Å². The van der Waals surface area contributed by atoms with Crippen molar-refractivity contribution in [1.82, 2.24) is 6.15 Å². The summed E-state index contributed by atoms with van der Waals surface area (Å²) in [6.45, 7) is 15.6. The van der Waals surface area contributed by atoms with Crippen LogP contribution in [0.5, 0.6) is 0 Å². The molecule has 0 aliphatic carbocycles. The lowest BCUT2D eigenvalue weighted by atomic mass is 10.6. The van der Waals surface area contributed by atoms with Gasteiger partial charge in [-0.05, 0) is 27.3 Å². The van der Waals surface area contributed by atoms with Gasteiger partial charge in [0.2, 0.25) is 0 Å². The van der Waals surface area contributed by atoms with Gasteiger partial charge in [-0.2, -0.15) is 13.5 Å². The van der Waals surface area contributed by atoms with Gasteiger partial charge in [0.1, 0.15) is 6.79 Å². The van der Waals surface area contributed by atoms with E-state index in [1.807, 2.05) is 46.6 Å². The molecule has 4 N–H and O–H groups in total. The number of allylic oxidation sites excluding steroid dienone is 2. The van der Waals surface area contributed by atoms with Crippen LogP contribution in [-0.4, -0.2) is 27.3 Å². The van der Waals surface area contributed by atoms with Crippen LogP contribution in [0.25, 0.3) is 0 Å². The fraction of sp³-hybridized carbons (Fsp3) is 0.545. The Morgan fingerprint density at radius 3 is 1.12 bits per heavy atom. The average molecular weight is 255 g/mol. The van der Waals surface area contributed by atoms with Crippen LogP contribution < -0.4 is 6.15 Å². The first-order valence-electron chi connectivity index (χ1n) is 3.89. The highest BCUT2D eigenvalue weighted by Gasteiger charge is 1.34. The zero-order valence-corrected chi connectivity index (χ0v) is 11.8. The van der Waals surface area contributed by atoms with E-state index in [0.29, 0.717) is 0 Å². The molecule has 0 aromatic heterocycles. The maximum atomic E-state index is 8.00. The third-order valence-electron chi connectivity index (χ3n) is 0.333. The summed E-state index contributed by atoms with van der Waals surface area (Å²) in [7, 11) is 1.64. The summed E-state index contributed by atoms with van der Waals surface area (Å²) in [5.74, 6) is 0. The van der Waals surface area contributed by atoms with Crippen LogP contribution in [0, 0.1) is 5.41 Å². The summed E-state index contributed by atoms with van der Waals surface area (Å²) < 4.78 is 0. The molecule has 0 radical (unpaired) electrons. The van der Waals surface area contributed by atoms with Crippen molar-refractivity contribution in [3.63, 3.8) is 0 Å². The van der Waals surface area contributed by atoms with E-state index in [-0.39, 0.29) is 27.1 Å². The molecule has 0 aliphatic heterocycles. The van der Waals surface area contributed by atoms with Gasteiger partial charge < -0.3 is 21.3 Å². The molecule has 0 amide bonds. The number of carbonyl (C=O) groups is 1. The second-order valence-corrected chi connectivity index (χ2v) is 0.983. The predicted octanol–water partition coefficient (Wildman–Crippen LogP) is 3.92. The minimum absolute atomic E-state index is 0. The molecule has 5 heteroatoms. The normalized spacial score (nSPS) is 4.06. The van der Waals surface area contributed by atoms with Crippen LogP contribution >= 0.6 is 13.5 Å². The Labute approximate surface area is 110 Å². The van der Waals surface area contributed by atoms with Crippen molar-refractivity contribution in [3.8, 4) is 0 Å². The molecule has 16 heavy (non-hydrogen) atoms. The quantitative estimate of drug-likeness (QED) is 0.507. The standard InChI is InChI=1S/C4H8.C2H5N.C2H6.CH3N.CH2O.CH4.H3N.H2S/c1-3-4-2;1-3-2;3*1-2;;;/h3-4H,1-2H3;1H2,2H3;1-2H3;2H,1H2;1H2;1H4;1H3;1H2/b4-3+;;;;;;;. The molecule has 0 aliphatic rings. The van der Waals surface area contributed by atoms with Crippen molar-refractivity contribution in [1.29, 1.82) is 5.41 Å². The van der Waals surface area contributed by atoms with Gasteiger partial charge >= 0.3 is 0 Å². The minimum atomic E-state index is 0. The molecule has 4 nitrogen and oxygen atoms in total. The maximum Gasteiger partial charge on any atom is 0.106 e. The van der Waals surface area contributed by atoms with Crippen LogP contribution in [0.2, 0.25) is 0 Å². The van der Waals surface area contributed by atoms with Crippen molar-refractivity contribution in [3.05, 3.63) is 12.2 Å². The van der Waals surface area contributed by atoms with Crippen LogP contribution in [-0.2, 0) is 4.79 Å². The van der Waals surface area contributed by atoms with Crippen molar-refractivity contribution in [2.24, 2.45) is 4.99 Å². The maximum absolute atomic E-state index is 8.00. The third-order valence-corrected chi connectivity index (χ3v) is 0.333. The Morgan fingerprint density at radius 2 is 1.12 bits per heavy atom. The molecule has 0 rings (SSSR count). The van der Waals surface area contributed by atoms with E-state index in [4.69, 9.17) is 10.2 Å². The molecular formula is C11H33N3OS. The lowest BCUT2D eigenvalue weighted by Crippen LogP contribution is -1.26. The number of nitrogens with one attached hydrogen (secondary N) is 1. The smallest absolute Gasteiger partial charge is 0.106 e. The van der Waals surface area contributed by atoms with Gasteiger partial charge in [-0.15, -0.1) is 0 Å². The van der Waals surface area contributed by atoms with E-state index < -0.39 is 0 Å². The fourth-order valence-corrected chi connectivity index (χ4v) is 0. The Morgan fingerprint density at radius 1 is 1.06 bits per heavy atom. The van der Waals surface area contributed by atoms with E-state index in [2.05, 4.69) is 18.4 Å². The molecule has 0 unspecified atom stereocenters. The van der Waals surface area contributed by atoms with Crippen LogP contribution in [0.1, 0.15) is 35.1 Å². The van der Waals surface area contributed by atoms with E-state index in [1.165, 1.54) is 0 Å². The molecular weight excluding hydrogens is 222 g/mol. The lowest BCUT2D eigenvalue weighted by Gasteiger charge is -1.49. The first kappa shape index (κ1) is 59.7. The van der Waals surface area contributed by atoms with Crippen molar-refractivity contribution >= 4 is 33.7 Å². The largest absolute Gasteiger partial charge is 0.344 e. The summed E-state index contributed by atoms with van der Waals surface area (Å²) in [4.78, 5) is 11.2. The monoisotopic (exact) mass is 255 g/mol. The molecule has 0 atom stereocenters. The molecule has 0 heterocycles. The predicted molar refractivity (Wildman–Crippen MR) is 86.4 cm³/mol. The van der Waals surface area contributed by atoms with E-state index in [9.17, 15) is 0 Å². The average Bonchev–Trinajstić information content (AvgIpc) is 2.27. The number of hydrogen-bond acceptors (Lipinski definition) is 4. The molecule has 0 saturated carbocycles. The van der Waals surface area contributed by atoms with Gasteiger partial charge in [-0.1, -0.05) is 33.4 Å². The number of aliphatic imine (C=N–C) groups is 1. The second kappa shape index (κ2) is 565. The molecule has 0 bridgehead atoms. The highest BCUT2D eigenvalue weighted by molar-refractivity contribution is 7.59. The van der Waals surface area contributed by atoms with E-state index in [1.54, 1.807) is 7.05 Å². The van der Waals surface area contributed by atoms with Gasteiger partial charge in [-0.25, -0.2) is 0 Å². The molecule has 0 aromatic rings. The van der Waals surface area contributed by atoms with Gasteiger partial charge in [0.25, 0.3) is 0 Å². The van der Waals surface area contributed by atoms with Crippen molar-refractivity contribution in [2.75, 3.05) is 7.05 Å². The topological polar surface area (TPSA) is 88.3 Å². The first-order chi connectivity index (χ1) is 6.33. The van der Waals surface area contributed by atoms with Crippen molar-refractivity contribution in [2.45, 2.75) is 35.1 Å². The Hall–Kier alpha value is -0.940. The first-order valence-corrected chi connectivity index (χ1v) is 3.89. The number of hydrogen-bond donors (Lipinski definition) is 2. The SMILES string of the molecule is C.C/C=C/C.C=N.C=NC.C=O.CC.N.S. The molecule has 0 fully saturated rings. The zero-order valence-electron chi connectivity index (χ0n) is 10.8. The van der Waals surface area contributed by atoms with Crippen molar-refractivity contribution < 1.29 is 4.79 Å². The summed E-state index contributed by atoms with van der Waals surface area (Å²) in [5, 5.41) is 5.50. The highest BCUT2D eigenvalue weighted by Crippen LogP contribution is 1.57. The Balaban J connectivity index is -0.00000000824. The van der Waals surface area contributed by atoms with Gasteiger partial charge in [0, 0.05) is 7.05 Å². The summed E-state index contributed by atoms with van der Waals surface area (Å²) in [6, 6.07) is 0. The Kier molecular flexibility index (Phi) is 2110. The zero-order chi connectivity index (χ0) is 12.1. The number of nitrogens with zero attached hydrogens (tertiary/aromatic N) is 1. The van der Waals surface area contributed by atoms with Crippen LogP contribution in [0.15, 0.2) is 17.1 Å². The minimum Gasteiger partial charge on any atom is -0.344 e. The molecule has 0 spiro atoms. The highest BCUT2D eigenvalue weighted by atomic mass is 32.1. The molecule has 0 saturated heterocycles. The summed E-state index contributed by atoms with van der Waals surface area (Å²) >= 11 is 0. The van der Waals surface area contributed by atoms with Crippen LogP contribution in [0.4, 0.5) is 0 Å². The Bertz CT molecular complexity index is 75.6. The van der Waals surface area contributed by atoms with Crippen LogP contribution in [0.3, 0.4) is 0 Å². The number of rotatable bonds is 0. The number of carbonyl (C=O) groups excluding carboxylic acids is 1. The fourth-order valence-electron chi connectivity index (χ4n) is 0. The van der Waals surface area contributed by atoms with E-state index >= 15 is 0 Å². The van der Waals surface area contributed by atoms with Gasteiger partial charge in [0.15, 0.2) is 0 Å². The van der Waals surface area contributed by atoms with Gasteiger partial charge in [-0.3, -0.25) is 0 Å². The lowest BCUT2D eigenvalue weighted by molar-refractivity contribution is -0.0979. The summed E-state index contributed by atoms with van der Waals surface area (Å²) in [6.07, 6.45) is 4.00. The summed E-state index contributed by atoms with van der Waals surface area (Å²) in [5.41, 5.74) is 0. The van der Waals surface area contributed by atoms with Gasteiger partial charge in [0.05, 0.1) is 0 Å². The molecule has 0 aromatic carbocycles. The second-order valence-electron chi connectivity index (χ2n) is 0.983. The third kappa shape index (κ3) is 528000.